The Morgan fingerprint density at radius 2 is 2.14 bits per heavy atom. The molecule has 0 bridgehead atoms. The van der Waals surface area contributed by atoms with Gasteiger partial charge in [-0.05, 0) is 43.5 Å². The normalized spacial score (nSPS) is 16.9. The van der Waals surface area contributed by atoms with Crippen LogP contribution in [0.2, 0.25) is 0 Å². The van der Waals surface area contributed by atoms with Gasteiger partial charge in [-0.15, -0.1) is 0 Å². The number of carbonyl (C=O) groups excluding carboxylic acids is 1. The maximum absolute atomic E-state index is 13.2. The second kappa shape index (κ2) is 8.06. The van der Waals surface area contributed by atoms with Crippen molar-refractivity contribution in [1.82, 2.24) is 29.0 Å². The smallest absolute Gasteiger partial charge is 0.338 e. The number of aromatic nitrogens is 5. The van der Waals surface area contributed by atoms with E-state index in [9.17, 15) is 9.59 Å². The number of nitrogens with zero attached hydrogens (tertiary/aromatic N) is 6. The van der Waals surface area contributed by atoms with Crippen LogP contribution >= 0.6 is 0 Å². The molecule has 4 rings (SSSR count). The van der Waals surface area contributed by atoms with E-state index in [1.54, 1.807) is 17.8 Å². The quantitative estimate of drug-likeness (QED) is 0.662. The van der Waals surface area contributed by atoms with E-state index in [4.69, 9.17) is 0 Å². The Bertz CT molecular complexity index is 1050. The molecule has 0 radical (unpaired) electrons. The predicted molar refractivity (Wildman–Crippen MR) is 109 cm³/mol. The minimum absolute atomic E-state index is 0.0262. The second-order valence-electron chi connectivity index (χ2n) is 7.50. The summed E-state index contributed by atoms with van der Waals surface area (Å²) in [6.07, 6.45) is 5.48. The number of amides is 1. The van der Waals surface area contributed by atoms with Gasteiger partial charge in [0, 0.05) is 50.6 Å². The molecule has 1 fully saturated rings. The zero-order valence-electron chi connectivity index (χ0n) is 16.9. The molecular formula is C21H26N6O2. The van der Waals surface area contributed by atoms with Crippen LogP contribution in [0, 0.1) is 0 Å². The van der Waals surface area contributed by atoms with Crippen LogP contribution in [0.15, 0.2) is 47.5 Å². The zero-order chi connectivity index (χ0) is 20.4. The van der Waals surface area contributed by atoms with Crippen LogP contribution in [0.25, 0.3) is 0 Å². The molecule has 0 aliphatic carbocycles. The maximum Gasteiger partial charge on any atom is 0.345 e. The standard InChI is InChI=1S/C21H26N6O2/c1-3-27-19(23-24(2)21(27)29)18-9-5-11-25(15-18)20(28)17-8-4-7-16(13-17)14-26-12-6-10-22-26/h4,6-8,10,12-13,18H,3,5,9,11,14-15H2,1-2H3. The van der Waals surface area contributed by atoms with Crippen LogP contribution in [-0.2, 0) is 20.1 Å². The van der Waals surface area contributed by atoms with Crippen molar-refractivity contribution in [3.8, 4) is 0 Å². The average Bonchev–Trinajstić information content (AvgIpc) is 3.35. The Labute approximate surface area is 169 Å². The number of piperidine rings is 1. The topological polar surface area (TPSA) is 78.0 Å². The molecule has 1 unspecified atom stereocenters. The van der Waals surface area contributed by atoms with Crippen molar-refractivity contribution in [3.63, 3.8) is 0 Å². The molecule has 1 aliphatic heterocycles. The summed E-state index contributed by atoms with van der Waals surface area (Å²) in [4.78, 5) is 27.3. The van der Waals surface area contributed by atoms with Crippen molar-refractivity contribution in [2.75, 3.05) is 13.1 Å². The highest BCUT2D eigenvalue weighted by Gasteiger charge is 2.29. The molecule has 3 aromatic rings. The summed E-state index contributed by atoms with van der Waals surface area (Å²) in [5.74, 6) is 0.886. The van der Waals surface area contributed by atoms with E-state index >= 15 is 0 Å². The number of aryl methyl sites for hydroxylation is 1. The number of hydrogen-bond donors (Lipinski definition) is 0. The molecule has 1 aromatic carbocycles. The molecule has 1 saturated heterocycles. The molecule has 0 saturated carbocycles. The Morgan fingerprint density at radius 3 is 2.90 bits per heavy atom. The summed E-state index contributed by atoms with van der Waals surface area (Å²) < 4.78 is 4.94. The fourth-order valence-electron chi connectivity index (χ4n) is 4.06. The predicted octanol–water partition coefficient (Wildman–Crippen LogP) is 1.87. The van der Waals surface area contributed by atoms with E-state index < -0.39 is 0 Å². The van der Waals surface area contributed by atoms with Crippen molar-refractivity contribution in [1.29, 1.82) is 0 Å². The fraction of sp³-hybridized carbons (Fsp3) is 0.429. The van der Waals surface area contributed by atoms with Crippen LogP contribution in [0.4, 0.5) is 0 Å². The first-order valence-electron chi connectivity index (χ1n) is 10.1. The molecule has 1 aliphatic rings. The molecule has 2 aromatic heterocycles. The number of carbonyl (C=O) groups is 1. The van der Waals surface area contributed by atoms with E-state index in [0.29, 0.717) is 25.2 Å². The SMILES string of the molecule is CCn1c(C2CCCN(C(=O)c3cccc(Cn4cccn4)c3)C2)nn(C)c1=O. The highest BCUT2D eigenvalue weighted by atomic mass is 16.2. The Kier molecular flexibility index (Phi) is 5.33. The third-order valence-corrected chi connectivity index (χ3v) is 5.50. The van der Waals surface area contributed by atoms with Gasteiger partial charge in [0.05, 0.1) is 6.54 Å². The molecule has 0 N–H and O–H groups in total. The van der Waals surface area contributed by atoms with E-state index in [1.165, 1.54) is 4.68 Å². The third kappa shape index (κ3) is 3.87. The molecule has 1 amide bonds. The van der Waals surface area contributed by atoms with Crippen molar-refractivity contribution in [2.45, 2.75) is 38.8 Å². The average molecular weight is 394 g/mol. The summed E-state index contributed by atoms with van der Waals surface area (Å²) in [6.45, 7) is 4.47. The van der Waals surface area contributed by atoms with Crippen molar-refractivity contribution < 1.29 is 4.79 Å². The number of hydrogen-bond acceptors (Lipinski definition) is 4. The van der Waals surface area contributed by atoms with E-state index in [2.05, 4.69) is 10.2 Å². The minimum Gasteiger partial charge on any atom is -0.338 e. The van der Waals surface area contributed by atoms with Gasteiger partial charge in [0.15, 0.2) is 0 Å². The fourth-order valence-corrected chi connectivity index (χ4v) is 4.06. The highest BCUT2D eigenvalue weighted by Crippen LogP contribution is 2.26. The van der Waals surface area contributed by atoms with Crippen molar-refractivity contribution in [2.24, 2.45) is 7.05 Å². The van der Waals surface area contributed by atoms with Gasteiger partial charge in [-0.3, -0.25) is 14.0 Å². The van der Waals surface area contributed by atoms with Crippen LogP contribution in [-0.4, -0.2) is 48.0 Å². The number of benzene rings is 1. The molecule has 8 heteroatoms. The largest absolute Gasteiger partial charge is 0.345 e. The summed E-state index contributed by atoms with van der Waals surface area (Å²) in [5, 5.41) is 8.68. The first-order valence-corrected chi connectivity index (χ1v) is 10.1. The summed E-state index contributed by atoms with van der Waals surface area (Å²) in [7, 11) is 1.68. The zero-order valence-corrected chi connectivity index (χ0v) is 16.9. The van der Waals surface area contributed by atoms with Crippen LogP contribution < -0.4 is 5.69 Å². The molecule has 152 valence electrons. The van der Waals surface area contributed by atoms with Gasteiger partial charge in [-0.25, -0.2) is 9.48 Å². The lowest BCUT2D eigenvalue weighted by Crippen LogP contribution is -2.40. The first-order chi connectivity index (χ1) is 14.1. The molecule has 3 heterocycles. The van der Waals surface area contributed by atoms with Gasteiger partial charge in [-0.1, -0.05) is 12.1 Å². The van der Waals surface area contributed by atoms with Crippen LogP contribution in [0.5, 0.6) is 0 Å². The van der Waals surface area contributed by atoms with Gasteiger partial charge >= 0.3 is 5.69 Å². The van der Waals surface area contributed by atoms with E-state index in [1.807, 2.05) is 53.0 Å². The maximum atomic E-state index is 13.2. The Morgan fingerprint density at radius 1 is 1.28 bits per heavy atom. The highest BCUT2D eigenvalue weighted by molar-refractivity contribution is 5.94. The Balaban J connectivity index is 1.52. The van der Waals surface area contributed by atoms with Crippen molar-refractivity contribution in [3.05, 3.63) is 70.2 Å². The first kappa shape index (κ1) is 19.2. The lowest BCUT2D eigenvalue weighted by Gasteiger charge is -2.32. The molecule has 29 heavy (non-hydrogen) atoms. The van der Waals surface area contributed by atoms with Crippen LogP contribution in [0.1, 0.15) is 47.4 Å². The lowest BCUT2D eigenvalue weighted by molar-refractivity contribution is 0.0703. The Hall–Kier alpha value is -3.16. The molecule has 8 nitrogen and oxygen atoms in total. The van der Waals surface area contributed by atoms with Gasteiger partial charge < -0.3 is 4.90 Å². The number of rotatable bonds is 5. The van der Waals surface area contributed by atoms with Gasteiger partial charge in [0.1, 0.15) is 5.82 Å². The lowest BCUT2D eigenvalue weighted by atomic mass is 9.96. The summed E-state index contributed by atoms with van der Waals surface area (Å²) in [5.41, 5.74) is 1.62. The minimum atomic E-state index is -0.0997. The molecule has 1 atom stereocenters. The van der Waals surface area contributed by atoms with E-state index in [0.717, 1.165) is 30.8 Å². The third-order valence-electron chi connectivity index (χ3n) is 5.50. The molecular weight excluding hydrogens is 368 g/mol. The molecule has 0 spiro atoms. The summed E-state index contributed by atoms with van der Waals surface area (Å²) >= 11 is 0. The van der Waals surface area contributed by atoms with Gasteiger partial charge in [0.25, 0.3) is 5.91 Å². The van der Waals surface area contributed by atoms with Crippen molar-refractivity contribution >= 4 is 5.91 Å². The second-order valence-corrected chi connectivity index (χ2v) is 7.50. The van der Waals surface area contributed by atoms with E-state index in [-0.39, 0.29) is 17.5 Å². The monoisotopic (exact) mass is 394 g/mol. The summed E-state index contributed by atoms with van der Waals surface area (Å²) in [6, 6.07) is 9.61. The van der Waals surface area contributed by atoms with Crippen LogP contribution in [0.3, 0.4) is 0 Å². The van der Waals surface area contributed by atoms with Gasteiger partial charge in [-0.2, -0.15) is 10.2 Å². The number of likely N-dealkylation sites (tertiary alicyclic amines) is 1. The van der Waals surface area contributed by atoms with Gasteiger partial charge in [0.2, 0.25) is 0 Å².